The van der Waals surface area contributed by atoms with Crippen molar-refractivity contribution in [2.45, 2.75) is 0 Å². The number of furan rings is 1. The van der Waals surface area contributed by atoms with Gasteiger partial charge in [0.15, 0.2) is 17.5 Å². The number of benzene rings is 9. The Labute approximate surface area is 317 Å². The van der Waals surface area contributed by atoms with E-state index in [1.54, 1.807) is 0 Å². The van der Waals surface area contributed by atoms with Crippen LogP contribution in [0.5, 0.6) is 0 Å². The van der Waals surface area contributed by atoms with E-state index in [2.05, 4.69) is 164 Å². The number of hydrogen-bond donors (Lipinski definition) is 0. The third-order valence-corrected chi connectivity index (χ3v) is 10.7. The van der Waals surface area contributed by atoms with Crippen molar-refractivity contribution < 1.29 is 4.42 Å². The van der Waals surface area contributed by atoms with Gasteiger partial charge in [0.2, 0.25) is 0 Å². The molecule has 0 amide bonds. The summed E-state index contributed by atoms with van der Waals surface area (Å²) < 4.78 is 6.80. The Kier molecular flexibility index (Phi) is 7.14. The van der Waals surface area contributed by atoms with Crippen LogP contribution >= 0.6 is 0 Å². The standard InChI is InChI=1S/C51H31N3O/c1-3-12-32(13-4-1)36-23-24-38-30-41(27-25-37(38)28-36)50-52-49(40-26-22-33-14-7-8-17-35(33)29-40)53-51(54-50)43-20-11-21-45-47(43)44-31-39-18-9-10-19-42(39)46(48(44)55-45)34-15-5-2-6-16-34/h1-31H. The Bertz CT molecular complexity index is 3260. The highest BCUT2D eigenvalue weighted by molar-refractivity contribution is 6.21. The lowest BCUT2D eigenvalue weighted by atomic mass is 9.94. The zero-order chi connectivity index (χ0) is 36.3. The van der Waals surface area contributed by atoms with Crippen LogP contribution in [0.2, 0.25) is 0 Å². The fourth-order valence-corrected chi connectivity index (χ4v) is 7.98. The topological polar surface area (TPSA) is 51.8 Å². The first-order valence-electron chi connectivity index (χ1n) is 18.5. The number of rotatable bonds is 5. The van der Waals surface area contributed by atoms with Gasteiger partial charge in [0, 0.05) is 33.0 Å². The van der Waals surface area contributed by atoms with E-state index in [0.717, 1.165) is 76.7 Å². The van der Waals surface area contributed by atoms with Crippen molar-refractivity contribution in [2.24, 2.45) is 0 Å². The van der Waals surface area contributed by atoms with Gasteiger partial charge in [-0.15, -0.1) is 0 Å². The van der Waals surface area contributed by atoms with E-state index in [1.807, 2.05) is 24.3 Å². The van der Waals surface area contributed by atoms with E-state index in [1.165, 1.54) is 16.5 Å². The van der Waals surface area contributed by atoms with Crippen LogP contribution in [-0.2, 0) is 0 Å². The normalized spacial score (nSPS) is 11.6. The molecule has 0 N–H and O–H groups in total. The molecule has 2 aromatic heterocycles. The molecule has 0 aliphatic heterocycles. The second-order valence-electron chi connectivity index (χ2n) is 14.0. The first-order valence-corrected chi connectivity index (χ1v) is 18.5. The Morgan fingerprint density at radius 2 is 0.873 bits per heavy atom. The molecule has 0 fully saturated rings. The molecule has 0 spiro atoms. The summed E-state index contributed by atoms with van der Waals surface area (Å²) in [6, 6.07) is 65.7. The fraction of sp³-hybridized carbons (Fsp3) is 0. The molecule has 11 aromatic rings. The first kappa shape index (κ1) is 31.1. The minimum atomic E-state index is 0.593. The summed E-state index contributed by atoms with van der Waals surface area (Å²) in [7, 11) is 0. The van der Waals surface area contributed by atoms with Crippen molar-refractivity contribution in [3.8, 4) is 56.4 Å². The van der Waals surface area contributed by atoms with Crippen molar-refractivity contribution in [3.63, 3.8) is 0 Å². The van der Waals surface area contributed by atoms with E-state index >= 15 is 0 Å². The Morgan fingerprint density at radius 1 is 0.327 bits per heavy atom. The molecular formula is C51H31N3O. The van der Waals surface area contributed by atoms with E-state index in [0.29, 0.717) is 17.5 Å². The molecule has 11 rings (SSSR count). The van der Waals surface area contributed by atoms with Gasteiger partial charge >= 0.3 is 0 Å². The highest BCUT2D eigenvalue weighted by Gasteiger charge is 2.21. The van der Waals surface area contributed by atoms with Gasteiger partial charge < -0.3 is 4.42 Å². The smallest absolute Gasteiger partial charge is 0.164 e. The molecule has 0 saturated heterocycles. The molecule has 0 unspecified atom stereocenters. The van der Waals surface area contributed by atoms with Gasteiger partial charge in [-0.1, -0.05) is 158 Å². The second-order valence-corrected chi connectivity index (χ2v) is 14.0. The third kappa shape index (κ3) is 5.34. The van der Waals surface area contributed by atoms with Crippen LogP contribution in [0.3, 0.4) is 0 Å². The summed E-state index contributed by atoms with van der Waals surface area (Å²) >= 11 is 0. The Morgan fingerprint density at radius 3 is 1.60 bits per heavy atom. The summed E-state index contributed by atoms with van der Waals surface area (Å²) in [4.78, 5) is 15.6. The Hall–Kier alpha value is -7.43. The molecule has 0 aliphatic rings. The molecule has 2 heterocycles. The minimum absolute atomic E-state index is 0.593. The molecule has 0 atom stereocenters. The largest absolute Gasteiger partial charge is 0.455 e. The van der Waals surface area contributed by atoms with E-state index in [-0.39, 0.29) is 0 Å². The fourth-order valence-electron chi connectivity index (χ4n) is 7.98. The van der Waals surface area contributed by atoms with Gasteiger partial charge in [-0.05, 0) is 79.3 Å². The lowest BCUT2D eigenvalue weighted by molar-refractivity contribution is 0.670. The summed E-state index contributed by atoms with van der Waals surface area (Å²) in [6.45, 7) is 0. The molecule has 55 heavy (non-hydrogen) atoms. The predicted octanol–water partition coefficient (Wildman–Crippen LogP) is 13.6. The van der Waals surface area contributed by atoms with Crippen molar-refractivity contribution in [1.82, 2.24) is 15.0 Å². The minimum Gasteiger partial charge on any atom is -0.455 e. The molecule has 0 bridgehead atoms. The lowest BCUT2D eigenvalue weighted by Crippen LogP contribution is -2.00. The molecule has 0 saturated carbocycles. The van der Waals surface area contributed by atoms with Gasteiger partial charge in [-0.2, -0.15) is 0 Å². The van der Waals surface area contributed by atoms with Crippen LogP contribution in [0.15, 0.2) is 192 Å². The number of nitrogens with zero attached hydrogens (tertiary/aromatic N) is 3. The van der Waals surface area contributed by atoms with Crippen molar-refractivity contribution in [3.05, 3.63) is 188 Å². The number of aromatic nitrogens is 3. The summed E-state index contributed by atoms with van der Waals surface area (Å²) in [5.74, 6) is 1.82. The summed E-state index contributed by atoms with van der Waals surface area (Å²) in [5.41, 5.74) is 8.95. The summed E-state index contributed by atoms with van der Waals surface area (Å²) in [6.07, 6.45) is 0. The van der Waals surface area contributed by atoms with Crippen molar-refractivity contribution in [2.75, 3.05) is 0 Å². The van der Waals surface area contributed by atoms with Crippen LogP contribution in [0.25, 0.3) is 111 Å². The molecule has 9 aromatic carbocycles. The molecule has 0 aliphatic carbocycles. The average molecular weight is 702 g/mol. The Balaban J connectivity index is 1.14. The van der Waals surface area contributed by atoms with Gasteiger partial charge in [0.1, 0.15) is 11.2 Å². The highest BCUT2D eigenvalue weighted by atomic mass is 16.3. The average Bonchev–Trinajstić information content (AvgIpc) is 3.63. The predicted molar refractivity (Wildman–Crippen MR) is 227 cm³/mol. The molecule has 256 valence electrons. The zero-order valence-electron chi connectivity index (χ0n) is 29.6. The van der Waals surface area contributed by atoms with Gasteiger partial charge in [-0.3, -0.25) is 0 Å². The van der Waals surface area contributed by atoms with Gasteiger partial charge in [-0.25, -0.2) is 15.0 Å². The highest BCUT2D eigenvalue weighted by Crippen LogP contribution is 2.44. The van der Waals surface area contributed by atoms with Crippen LogP contribution in [0, 0.1) is 0 Å². The molecule has 4 heteroatoms. The SMILES string of the molecule is c1ccc(-c2ccc3cc(-c4nc(-c5ccc6ccccc6c5)nc(-c5cccc6oc7c(-c8ccccc8)c8ccccc8cc7c56)n4)ccc3c2)cc1. The quantitative estimate of drug-likeness (QED) is 0.179. The number of hydrogen-bond acceptors (Lipinski definition) is 4. The summed E-state index contributed by atoms with van der Waals surface area (Å²) in [5, 5.41) is 8.88. The van der Waals surface area contributed by atoms with E-state index < -0.39 is 0 Å². The monoisotopic (exact) mass is 701 g/mol. The van der Waals surface area contributed by atoms with Crippen molar-refractivity contribution >= 4 is 54.3 Å². The van der Waals surface area contributed by atoms with Crippen molar-refractivity contribution in [1.29, 1.82) is 0 Å². The molecular weight excluding hydrogens is 671 g/mol. The third-order valence-electron chi connectivity index (χ3n) is 10.7. The molecule has 0 radical (unpaired) electrons. The van der Waals surface area contributed by atoms with Crippen LogP contribution < -0.4 is 0 Å². The van der Waals surface area contributed by atoms with E-state index in [9.17, 15) is 0 Å². The lowest BCUT2D eigenvalue weighted by Gasteiger charge is -2.11. The second kappa shape index (κ2) is 12.6. The molecule has 4 nitrogen and oxygen atoms in total. The maximum absolute atomic E-state index is 6.80. The van der Waals surface area contributed by atoms with Crippen LogP contribution in [0.4, 0.5) is 0 Å². The first-order chi connectivity index (χ1) is 27.2. The maximum atomic E-state index is 6.80. The van der Waals surface area contributed by atoms with Crippen LogP contribution in [-0.4, -0.2) is 15.0 Å². The maximum Gasteiger partial charge on any atom is 0.164 e. The van der Waals surface area contributed by atoms with Gasteiger partial charge in [0.25, 0.3) is 0 Å². The number of fused-ring (bicyclic) bond motifs is 6. The zero-order valence-corrected chi connectivity index (χ0v) is 29.6. The van der Waals surface area contributed by atoms with E-state index in [4.69, 9.17) is 19.4 Å². The van der Waals surface area contributed by atoms with Gasteiger partial charge in [0.05, 0.1) is 0 Å². The van der Waals surface area contributed by atoms with Crippen LogP contribution in [0.1, 0.15) is 0 Å².